The first kappa shape index (κ1) is 21.2. The number of morpholine rings is 1. The first-order valence-corrected chi connectivity index (χ1v) is 10.9. The smallest absolute Gasteiger partial charge is 0.374 e. The Labute approximate surface area is 183 Å². The van der Waals surface area contributed by atoms with Gasteiger partial charge in [0.15, 0.2) is 0 Å². The topological polar surface area (TPSA) is 63.5 Å². The van der Waals surface area contributed by atoms with Crippen molar-refractivity contribution >= 4 is 11.8 Å². The highest BCUT2D eigenvalue weighted by molar-refractivity contribution is 5.49. The summed E-state index contributed by atoms with van der Waals surface area (Å²) in [4.78, 5) is 24.9. The van der Waals surface area contributed by atoms with Crippen LogP contribution in [0.4, 0.5) is 24.9 Å². The van der Waals surface area contributed by atoms with Crippen molar-refractivity contribution < 1.29 is 17.9 Å². The van der Waals surface area contributed by atoms with E-state index in [4.69, 9.17) is 4.74 Å². The van der Waals surface area contributed by atoms with Crippen LogP contribution in [0.3, 0.4) is 0 Å². The van der Waals surface area contributed by atoms with E-state index in [0.717, 1.165) is 12.0 Å². The summed E-state index contributed by atoms with van der Waals surface area (Å²) in [6.07, 6.45) is -0.420. The number of fused-ring (bicyclic) bond motifs is 3. The summed E-state index contributed by atoms with van der Waals surface area (Å²) >= 11 is 0. The Hall–Kier alpha value is -2.62. The monoisotopic (exact) mass is 449 g/mol. The Morgan fingerprint density at radius 1 is 1.22 bits per heavy atom. The molecule has 0 amide bonds. The zero-order chi connectivity index (χ0) is 22.7. The fourth-order valence-corrected chi connectivity index (χ4v) is 5.13. The molecule has 2 saturated heterocycles. The van der Waals surface area contributed by atoms with Crippen molar-refractivity contribution in [1.29, 1.82) is 0 Å². The van der Waals surface area contributed by atoms with Crippen LogP contribution in [0.1, 0.15) is 32.3 Å². The second-order valence-corrected chi connectivity index (χ2v) is 9.50. The zero-order valence-electron chi connectivity index (χ0n) is 18.0. The van der Waals surface area contributed by atoms with Crippen LogP contribution in [0.5, 0.6) is 0 Å². The molecule has 172 valence electrons. The summed E-state index contributed by atoms with van der Waals surface area (Å²) in [5.74, 6) is 0.526. The highest BCUT2D eigenvalue weighted by atomic mass is 19.4. The fraction of sp³-hybridized carbons (Fsp3) is 0.591. The van der Waals surface area contributed by atoms with E-state index in [-0.39, 0.29) is 43.2 Å². The van der Waals surface area contributed by atoms with Gasteiger partial charge in [-0.05, 0) is 30.5 Å². The molecule has 3 aliphatic rings. The molecule has 2 bridgehead atoms. The Morgan fingerprint density at radius 3 is 2.59 bits per heavy atom. The molecule has 5 heterocycles. The van der Waals surface area contributed by atoms with E-state index in [9.17, 15) is 18.0 Å². The lowest BCUT2D eigenvalue weighted by molar-refractivity contribution is -0.153. The van der Waals surface area contributed by atoms with Crippen molar-refractivity contribution in [2.45, 2.75) is 63.0 Å². The second kappa shape index (κ2) is 7.47. The van der Waals surface area contributed by atoms with Crippen molar-refractivity contribution in [2.75, 3.05) is 29.5 Å². The molecule has 2 unspecified atom stereocenters. The van der Waals surface area contributed by atoms with Gasteiger partial charge in [0.2, 0.25) is 5.95 Å². The molecule has 2 aromatic heterocycles. The normalized spacial score (nSPS) is 25.3. The van der Waals surface area contributed by atoms with Gasteiger partial charge in [0.05, 0.1) is 18.8 Å². The molecule has 5 rings (SSSR count). The van der Waals surface area contributed by atoms with Crippen molar-refractivity contribution in [3.05, 3.63) is 46.5 Å². The summed E-state index contributed by atoms with van der Waals surface area (Å²) in [7, 11) is 0. The van der Waals surface area contributed by atoms with Crippen LogP contribution in [0.25, 0.3) is 0 Å². The van der Waals surface area contributed by atoms with Crippen molar-refractivity contribution in [1.82, 2.24) is 14.5 Å². The van der Waals surface area contributed by atoms with E-state index >= 15 is 0 Å². The molecule has 7 nitrogen and oxygen atoms in total. The summed E-state index contributed by atoms with van der Waals surface area (Å²) in [6, 6.07) is 3.47. The number of anilines is 2. The Bertz CT molecular complexity index is 1060. The van der Waals surface area contributed by atoms with Crippen LogP contribution in [0.2, 0.25) is 0 Å². The van der Waals surface area contributed by atoms with E-state index in [0.29, 0.717) is 19.0 Å². The molecule has 0 aromatic carbocycles. The fourth-order valence-electron chi connectivity index (χ4n) is 5.13. The predicted octanol–water partition coefficient (Wildman–Crippen LogP) is 2.73. The number of aromatic nitrogens is 3. The van der Waals surface area contributed by atoms with Gasteiger partial charge in [0.1, 0.15) is 11.9 Å². The summed E-state index contributed by atoms with van der Waals surface area (Å²) in [5, 5.41) is 0. The van der Waals surface area contributed by atoms with Gasteiger partial charge in [0.25, 0.3) is 5.56 Å². The molecular weight excluding hydrogens is 423 g/mol. The average Bonchev–Trinajstić information content (AvgIpc) is 3.37. The quantitative estimate of drug-likeness (QED) is 0.716. The first-order valence-electron chi connectivity index (χ1n) is 10.9. The molecule has 2 aromatic rings. The largest absolute Gasteiger partial charge is 0.408 e. The van der Waals surface area contributed by atoms with Crippen molar-refractivity contribution in [3.8, 4) is 0 Å². The molecular formula is C22H26F3N5O2. The van der Waals surface area contributed by atoms with Gasteiger partial charge in [-0.15, -0.1) is 0 Å². The number of ether oxygens (including phenoxy) is 1. The van der Waals surface area contributed by atoms with Gasteiger partial charge in [-0.25, -0.2) is 0 Å². The number of nitrogens with zero attached hydrogens (tertiary/aromatic N) is 5. The van der Waals surface area contributed by atoms with E-state index in [1.807, 2.05) is 30.9 Å². The highest BCUT2D eigenvalue weighted by Crippen LogP contribution is 2.38. The van der Waals surface area contributed by atoms with Gasteiger partial charge in [-0.1, -0.05) is 13.8 Å². The number of pyridine rings is 1. The van der Waals surface area contributed by atoms with Crippen molar-refractivity contribution in [2.24, 2.45) is 0 Å². The van der Waals surface area contributed by atoms with Gasteiger partial charge >= 0.3 is 6.18 Å². The third kappa shape index (κ3) is 3.64. The Morgan fingerprint density at radius 2 is 1.97 bits per heavy atom. The Balaban J connectivity index is 1.57. The predicted molar refractivity (Wildman–Crippen MR) is 113 cm³/mol. The third-order valence-electron chi connectivity index (χ3n) is 6.83. The van der Waals surface area contributed by atoms with Gasteiger partial charge < -0.3 is 14.5 Å². The minimum atomic E-state index is -4.44. The summed E-state index contributed by atoms with van der Waals surface area (Å²) in [6.45, 7) is 5.00. The van der Waals surface area contributed by atoms with Gasteiger partial charge in [-0.2, -0.15) is 18.2 Å². The molecule has 0 N–H and O–H groups in total. The number of alkyl halides is 3. The summed E-state index contributed by atoms with van der Waals surface area (Å²) in [5.41, 5.74) is -0.0674. The molecule has 0 spiro atoms. The molecule has 3 atom stereocenters. The number of rotatable bonds is 4. The summed E-state index contributed by atoms with van der Waals surface area (Å²) < 4.78 is 49.3. The second-order valence-electron chi connectivity index (χ2n) is 9.50. The molecule has 0 saturated carbocycles. The van der Waals surface area contributed by atoms with Crippen LogP contribution in [0, 0.1) is 0 Å². The van der Waals surface area contributed by atoms with Crippen LogP contribution in [0.15, 0.2) is 35.4 Å². The minimum absolute atomic E-state index is 0.00697. The first-order chi connectivity index (χ1) is 15.1. The standard InChI is InChI=1S/C22H26F3N5O2/c1-21(2,14-3-6-26-7-4-14)13-30-17(22(23,24)25)5-8-28-19(31)10-18(27-20(28)30)29-11-16-9-15(29)12-32-16/h3-4,6-7,10,15-17H,5,8-9,11-13H2,1-2H3/t15?,16?,17-/m0/s1. The van der Waals surface area contributed by atoms with Crippen LogP contribution >= 0.6 is 0 Å². The molecule has 0 aliphatic carbocycles. The minimum Gasteiger partial charge on any atom is -0.374 e. The van der Waals surface area contributed by atoms with E-state index in [1.54, 1.807) is 12.4 Å². The van der Waals surface area contributed by atoms with Gasteiger partial charge in [0, 0.05) is 43.5 Å². The highest BCUT2D eigenvalue weighted by Gasteiger charge is 2.48. The number of hydrogen-bond acceptors (Lipinski definition) is 6. The van der Waals surface area contributed by atoms with E-state index in [1.165, 1.54) is 15.5 Å². The van der Waals surface area contributed by atoms with Crippen LogP contribution < -0.4 is 15.4 Å². The SMILES string of the molecule is CC(C)(CN1c2nc(N3CC4CC3CO4)cc(=O)n2CC[C@H]1C(F)(F)F)c1ccncc1. The number of halogens is 3. The van der Waals surface area contributed by atoms with Crippen molar-refractivity contribution in [3.63, 3.8) is 0 Å². The lowest BCUT2D eigenvalue weighted by atomic mass is 9.84. The molecule has 3 aliphatic heterocycles. The van der Waals surface area contributed by atoms with Crippen LogP contribution in [-0.4, -0.2) is 58.6 Å². The molecule has 2 fully saturated rings. The van der Waals surface area contributed by atoms with Gasteiger partial charge in [-0.3, -0.25) is 14.3 Å². The molecule has 32 heavy (non-hydrogen) atoms. The maximum Gasteiger partial charge on any atom is 0.408 e. The maximum absolute atomic E-state index is 14.1. The Kier molecular flexibility index (Phi) is 4.96. The van der Waals surface area contributed by atoms with E-state index < -0.39 is 17.6 Å². The molecule has 0 radical (unpaired) electrons. The molecule has 10 heteroatoms. The average molecular weight is 449 g/mol. The maximum atomic E-state index is 14.1. The van der Waals surface area contributed by atoms with Crippen LogP contribution in [-0.2, 0) is 16.7 Å². The number of hydrogen-bond donors (Lipinski definition) is 0. The third-order valence-corrected chi connectivity index (χ3v) is 6.83. The lowest BCUT2D eigenvalue weighted by Crippen LogP contribution is -2.55. The van der Waals surface area contributed by atoms with E-state index in [2.05, 4.69) is 9.97 Å². The lowest BCUT2D eigenvalue weighted by Gasteiger charge is -2.43. The zero-order valence-corrected chi connectivity index (χ0v) is 18.0.